The van der Waals surface area contributed by atoms with Crippen molar-refractivity contribution in [1.29, 1.82) is 21.0 Å². The van der Waals surface area contributed by atoms with Crippen molar-refractivity contribution in [2.24, 2.45) is 0 Å². The van der Waals surface area contributed by atoms with E-state index in [1.807, 2.05) is 127 Å². The van der Waals surface area contributed by atoms with Gasteiger partial charge in [-0.1, -0.05) is 91.0 Å². The second-order valence-corrected chi connectivity index (χ2v) is 16.5. The molecule has 11 aromatic rings. The van der Waals surface area contributed by atoms with Crippen LogP contribution in [0.4, 0.5) is 13.2 Å². The van der Waals surface area contributed by atoms with Crippen LogP contribution in [0.3, 0.4) is 0 Å². The van der Waals surface area contributed by atoms with Gasteiger partial charge in [0.05, 0.1) is 85.5 Å². The number of alkyl halides is 3. The Hall–Kier alpha value is -9.67. The van der Waals surface area contributed by atoms with Gasteiger partial charge in [0.2, 0.25) is 0 Å². The first kappa shape index (κ1) is 41.1. The molecule has 0 N–H and O–H groups in total. The minimum absolute atomic E-state index is 0.124. The number of hydrogen-bond donors (Lipinski definition) is 0. The van der Waals surface area contributed by atoms with Gasteiger partial charge >= 0.3 is 6.18 Å². The lowest BCUT2D eigenvalue weighted by Crippen LogP contribution is -2.05. The molecule has 2 heterocycles. The van der Waals surface area contributed by atoms with Gasteiger partial charge in [-0.15, -0.1) is 0 Å². The minimum Gasteiger partial charge on any atom is -0.309 e. The largest absolute Gasteiger partial charge is 0.416 e. The Morgan fingerprint density at radius 2 is 0.838 bits per heavy atom. The normalized spacial score (nSPS) is 11.4. The Labute approximate surface area is 387 Å². The Bertz CT molecular complexity index is 4090. The molecule has 0 aliphatic heterocycles. The highest BCUT2D eigenvalue weighted by Gasteiger charge is 2.31. The maximum Gasteiger partial charge on any atom is 0.416 e. The molecule has 318 valence electrons. The monoisotopic (exact) mass is 880 g/mol. The Morgan fingerprint density at radius 3 is 1.40 bits per heavy atom. The van der Waals surface area contributed by atoms with E-state index < -0.39 is 11.7 Å². The lowest BCUT2D eigenvalue weighted by atomic mass is 9.93. The van der Waals surface area contributed by atoms with Crippen molar-refractivity contribution in [3.05, 3.63) is 216 Å². The standard InChI is InChI=1S/C59H31F3N6/c60-59(61,62)45-19-21-46(44(28-45)35-66)43-16-20-49(58(31-43)68-54-14-4-2-12-48(54)52-30-42(18-24-57(52)68)40-10-6-8-37(26-40)33-64)50-27-38(34-65)15-22-55(50)67-53-13-3-1-11-47(53)51-29-41(17-23-56(51)67)39-9-5-7-36(25-39)32-63/h1-31H. The van der Waals surface area contributed by atoms with E-state index in [0.717, 1.165) is 89.2 Å². The van der Waals surface area contributed by atoms with E-state index in [1.165, 1.54) is 6.07 Å². The van der Waals surface area contributed by atoms with Gasteiger partial charge in [-0.25, -0.2) is 0 Å². The van der Waals surface area contributed by atoms with E-state index in [4.69, 9.17) is 0 Å². The van der Waals surface area contributed by atoms with Crippen LogP contribution in [-0.4, -0.2) is 9.13 Å². The Kier molecular flexibility index (Phi) is 9.72. The molecule has 6 nitrogen and oxygen atoms in total. The summed E-state index contributed by atoms with van der Waals surface area (Å²) in [5, 5.41) is 43.9. The van der Waals surface area contributed by atoms with Gasteiger partial charge in [0.15, 0.2) is 0 Å². The zero-order valence-electron chi connectivity index (χ0n) is 35.7. The predicted octanol–water partition coefficient (Wildman–Crippen LogP) is 15.1. The molecule has 68 heavy (non-hydrogen) atoms. The third-order valence-electron chi connectivity index (χ3n) is 12.7. The highest BCUT2D eigenvalue weighted by Crippen LogP contribution is 2.44. The molecule has 0 amide bonds. The summed E-state index contributed by atoms with van der Waals surface area (Å²) < 4.78 is 46.2. The van der Waals surface area contributed by atoms with Crippen LogP contribution >= 0.6 is 0 Å². The van der Waals surface area contributed by atoms with E-state index in [0.29, 0.717) is 39.1 Å². The van der Waals surface area contributed by atoms with Crippen molar-refractivity contribution in [1.82, 2.24) is 9.13 Å². The van der Waals surface area contributed by atoms with Crippen LogP contribution in [0, 0.1) is 45.3 Å². The lowest BCUT2D eigenvalue weighted by Gasteiger charge is -2.20. The second kappa shape index (κ2) is 16.1. The fourth-order valence-electron chi connectivity index (χ4n) is 9.55. The number of para-hydroxylation sites is 2. The summed E-state index contributed by atoms with van der Waals surface area (Å²) in [6.07, 6.45) is -4.64. The van der Waals surface area contributed by atoms with Crippen LogP contribution in [0.25, 0.3) is 99.5 Å². The molecule has 0 aliphatic carbocycles. The molecule has 0 unspecified atom stereocenters. The van der Waals surface area contributed by atoms with Crippen molar-refractivity contribution >= 4 is 43.6 Å². The molecule has 0 spiro atoms. The Balaban J connectivity index is 1.21. The van der Waals surface area contributed by atoms with Crippen molar-refractivity contribution in [2.75, 3.05) is 0 Å². The average molecular weight is 881 g/mol. The van der Waals surface area contributed by atoms with Gasteiger partial charge in [-0.3, -0.25) is 0 Å². The second-order valence-electron chi connectivity index (χ2n) is 16.5. The zero-order chi connectivity index (χ0) is 46.7. The van der Waals surface area contributed by atoms with Gasteiger partial charge < -0.3 is 9.13 Å². The van der Waals surface area contributed by atoms with E-state index in [1.54, 1.807) is 18.2 Å². The molecule has 0 saturated carbocycles. The molecule has 0 saturated heterocycles. The van der Waals surface area contributed by atoms with Crippen LogP contribution < -0.4 is 0 Å². The molecular formula is C59H31F3N6. The van der Waals surface area contributed by atoms with E-state index >= 15 is 0 Å². The third kappa shape index (κ3) is 6.79. The predicted molar refractivity (Wildman–Crippen MR) is 261 cm³/mol. The number of fused-ring (bicyclic) bond motifs is 6. The van der Waals surface area contributed by atoms with Gasteiger partial charge in [0, 0.05) is 32.7 Å². The van der Waals surface area contributed by atoms with Crippen molar-refractivity contribution in [2.45, 2.75) is 6.18 Å². The highest BCUT2D eigenvalue weighted by atomic mass is 19.4. The van der Waals surface area contributed by atoms with Gasteiger partial charge in [0.1, 0.15) is 0 Å². The molecule has 0 fully saturated rings. The first-order valence-electron chi connectivity index (χ1n) is 21.5. The van der Waals surface area contributed by atoms with Crippen LogP contribution in [-0.2, 0) is 6.18 Å². The number of nitrogens with zero attached hydrogens (tertiary/aromatic N) is 6. The topological polar surface area (TPSA) is 105 Å². The van der Waals surface area contributed by atoms with E-state index in [2.05, 4.69) is 57.7 Å². The van der Waals surface area contributed by atoms with Crippen LogP contribution in [0.2, 0.25) is 0 Å². The molecule has 9 aromatic carbocycles. The van der Waals surface area contributed by atoms with E-state index in [-0.39, 0.29) is 5.56 Å². The summed E-state index contributed by atoms with van der Waals surface area (Å²) in [7, 11) is 0. The number of halogens is 3. The maximum atomic E-state index is 14.0. The molecular weight excluding hydrogens is 850 g/mol. The Morgan fingerprint density at radius 1 is 0.338 bits per heavy atom. The molecule has 9 heteroatoms. The molecule has 0 bridgehead atoms. The lowest BCUT2D eigenvalue weighted by molar-refractivity contribution is -0.137. The molecule has 11 rings (SSSR count). The van der Waals surface area contributed by atoms with Crippen molar-refractivity contribution in [3.8, 4) is 80.2 Å². The van der Waals surface area contributed by atoms with Gasteiger partial charge in [0.25, 0.3) is 0 Å². The summed E-state index contributed by atoms with van der Waals surface area (Å²) in [5.74, 6) is 0. The van der Waals surface area contributed by atoms with Gasteiger partial charge in [-0.2, -0.15) is 34.2 Å². The summed E-state index contributed by atoms with van der Waals surface area (Å²) in [5.41, 5.74) is 11.3. The first-order chi connectivity index (χ1) is 33.1. The average Bonchev–Trinajstić information content (AvgIpc) is 3.89. The smallest absolute Gasteiger partial charge is 0.309 e. The number of hydrogen-bond acceptors (Lipinski definition) is 4. The molecule has 2 aromatic heterocycles. The summed E-state index contributed by atoms with van der Waals surface area (Å²) in [6.45, 7) is 0. The van der Waals surface area contributed by atoms with Crippen LogP contribution in [0.1, 0.15) is 27.8 Å². The van der Waals surface area contributed by atoms with E-state index in [9.17, 15) is 34.2 Å². The number of benzene rings is 9. The van der Waals surface area contributed by atoms with Crippen molar-refractivity contribution < 1.29 is 13.2 Å². The maximum absolute atomic E-state index is 14.0. The fourth-order valence-corrected chi connectivity index (χ4v) is 9.55. The SMILES string of the molecule is N#Cc1cccc(-c2ccc3c(c2)c2ccccc2n3-c2ccc(C#N)cc2-c2ccc(-c3ccc(C(F)(F)F)cc3C#N)cc2-n2c3ccccc3c3cc(-c4cccc(C#N)c4)ccc32)c1. The van der Waals surface area contributed by atoms with Crippen LogP contribution in [0.15, 0.2) is 188 Å². The summed E-state index contributed by atoms with van der Waals surface area (Å²) >= 11 is 0. The molecule has 0 aliphatic rings. The van der Waals surface area contributed by atoms with Crippen molar-refractivity contribution in [3.63, 3.8) is 0 Å². The molecule has 0 radical (unpaired) electrons. The fraction of sp³-hybridized carbons (Fsp3) is 0.0169. The molecule has 0 atom stereocenters. The first-order valence-corrected chi connectivity index (χ1v) is 21.5. The summed E-state index contributed by atoms with van der Waals surface area (Å²) in [4.78, 5) is 0. The quantitative estimate of drug-likeness (QED) is 0.166. The van der Waals surface area contributed by atoms with Crippen LogP contribution in [0.5, 0.6) is 0 Å². The number of aromatic nitrogens is 2. The third-order valence-corrected chi connectivity index (χ3v) is 12.7. The minimum atomic E-state index is -4.64. The van der Waals surface area contributed by atoms with Gasteiger partial charge in [-0.05, 0) is 130 Å². The number of nitriles is 4. The highest BCUT2D eigenvalue weighted by molar-refractivity contribution is 6.13. The number of rotatable bonds is 6. The zero-order valence-corrected chi connectivity index (χ0v) is 35.7. The summed E-state index contributed by atoms with van der Waals surface area (Å²) in [6, 6.07) is 66.7.